The summed E-state index contributed by atoms with van der Waals surface area (Å²) < 4.78 is 24.1. The van der Waals surface area contributed by atoms with Gasteiger partial charge in [0.2, 0.25) is 0 Å². The fourth-order valence-corrected chi connectivity index (χ4v) is 5.53. The number of halogens is 1. The SMILES string of the molecule is CNCc1cccc(Cl)c1N1CCSCC1S(C)(=O)=O. The van der Waals surface area contributed by atoms with Gasteiger partial charge in [-0.05, 0) is 18.7 Å². The average molecular weight is 335 g/mol. The van der Waals surface area contributed by atoms with Crippen LogP contribution in [0.15, 0.2) is 18.2 Å². The van der Waals surface area contributed by atoms with Crippen LogP contribution in [0.2, 0.25) is 5.02 Å². The highest BCUT2D eigenvalue weighted by Crippen LogP contribution is 2.35. The number of benzene rings is 1. The minimum absolute atomic E-state index is 0.503. The largest absolute Gasteiger partial charge is 0.352 e. The van der Waals surface area contributed by atoms with Gasteiger partial charge < -0.3 is 10.2 Å². The molecule has 112 valence electrons. The van der Waals surface area contributed by atoms with Gasteiger partial charge in [-0.3, -0.25) is 0 Å². The van der Waals surface area contributed by atoms with Crippen LogP contribution >= 0.6 is 23.4 Å². The van der Waals surface area contributed by atoms with E-state index in [1.54, 1.807) is 11.8 Å². The molecule has 0 spiro atoms. The van der Waals surface area contributed by atoms with Crippen LogP contribution < -0.4 is 10.2 Å². The zero-order valence-electron chi connectivity index (χ0n) is 11.6. The van der Waals surface area contributed by atoms with Crippen LogP contribution in [0.3, 0.4) is 0 Å². The molecule has 1 aliphatic rings. The van der Waals surface area contributed by atoms with Gasteiger partial charge in [0.1, 0.15) is 5.37 Å². The molecular weight excluding hydrogens is 316 g/mol. The summed E-state index contributed by atoms with van der Waals surface area (Å²) in [6, 6.07) is 5.70. The van der Waals surface area contributed by atoms with Crippen LogP contribution in [0.25, 0.3) is 0 Å². The van der Waals surface area contributed by atoms with Crippen molar-refractivity contribution >= 4 is 38.9 Å². The second-order valence-corrected chi connectivity index (χ2v) is 8.59. The molecule has 2 rings (SSSR count). The summed E-state index contributed by atoms with van der Waals surface area (Å²) in [6.07, 6.45) is 1.30. The minimum atomic E-state index is -3.15. The van der Waals surface area contributed by atoms with Gasteiger partial charge in [-0.1, -0.05) is 23.7 Å². The van der Waals surface area contributed by atoms with Gasteiger partial charge in [-0.15, -0.1) is 0 Å². The number of hydrogen-bond donors (Lipinski definition) is 1. The van der Waals surface area contributed by atoms with Crippen molar-refractivity contribution in [2.24, 2.45) is 0 Å². The third-order valence-electron chi connectivity index (χ3n) is 3.30. The summed E-state index contributed by atoms with van der Waals surface area (Å²) in [6.45, 7) is 1.36. The molecule has 20 heavy (non-hydrogen) atoms. The zero-order chi connectivity index (χ0) is 14.8. The molecule has 0 saturated carbocycles. The Bertz CT molecular complexity index is 578. The maximum absolute atomic E-state index is 12.0. The molecule has 0 aliphatic carbocycles. The van der Waals surface area contributed by atoms with Crippen LogP contribution in [0.4, 0.5) is 5.69 Å². The maximum Gasteiger partial charge on any atom is 0.169 e. The topological polar surface area (TPSA) is 49.4 Å². The first kappa shape index (κ1) is 15.9. The van der Waals surface area contributed by atoms with E-state index in [9.17, 15) is 8.42 Å². The number of nitrogens with one attached hydrogen (secondary N) is 1. The number of thioether (sulfide) groups is 1. The van der Waals surface area contributed by atoms with E-state index in [1.165, 1.54) is 6.26 Å². The Labute approximate surface area is 129 Å². The lowest BCUT2D eigenvalue weighted by atomic mass is 10.1. The number of hydrogen-bond acceptors (Lipinski definition) is 5. The predicted molar refractivity (Wildman–Crippen MR) is 87.5 cm³/mol. The third-order valence-corrected chi connectivity index (χ3v) is 6.25. The van der Waals surface area contributed by atoms with E-state index < -0.39 is 15.2 Å². The molecular formula is C13H19ClN2O2S2. The molecule has 0 bridgehead atoms. The Morgan fingerprint density at radius 1 is 1.50 bits per heavy atom. The van der Waals surface area contributed by atoms with Gasteiger partial charge in [0.25, 0.3) is 0 Å². The Morgan fingerprint density at radius 3 is 2.90 bits per heavy atom. The Hall–Kier alpha value is -0.430. The van der Waals surface area contributed by atoms with Crippen molar-refractivity contribution in [1.29, 1.82) is 0 Å². The standard InChI is InChI=1S/C13H19ClN2O2S2/c1-15-8-10-4-3-5-11(14)13(10)16-6-7-19-9-12(16)20(2,17)18/h3-5,12,15H,6-9H2,1-2H3. The number of sulfone groups is 1. The highest BCUT2D eigenvalue weighted by atomic mass is 35.5. The number of nitrogens with zero attached hydrogens (tertiary/aromatic N) is 1. The summed E-state index contributed by atoms with van der Waals surface area (Å²) in [4.78, 5) is 1.95. The average Bonchev–Trinajstić information content (AvgIpc) is 2.38. The lowest BCUT2D eigenvalue weighted by Gasteiger charge is -2.37. The summed E-state index contributed by atoms with van der Waals surface area (Å²) in [5.41, 5.74) is 1.87. The van der Waals surface area contributed by atoms with E-state index in [4.69, 9.17) is 11.6 Å². The van der Waals surface area contributed by atoms with E-state index in [0.29, 0.717) is 23.9 Å². The van der Waals surface area contributed by atoms with Crippen LogP contribution in [0.1, 0.15) is 5.56 Å². The van der Waals surface area contributed by atoms with Crippen LogP contribution in [-0.4, -0.2) is 45.1 Å². The van der Waals surface area contributed by atoms with Crippen molar-refractivity contribution in [3.8, 4) is 0 Å². The number of para-hydroxylation sites is 1. The highest BCUT2D eigenvalue weighted by Gasteiger charge is 2.33. The minimum Gasteiger partial charge on any atom is -0.352 e. The summed E-state index contributed by atoms with van der Waals surface area (Å²) >= 11 is 8.02. The normalized spacial score (nSPS) is 20.1. The lowest BCUT2D eigenvalue weighted by molar-refractivity contribution is 0.584. The van der Waals surface area contributed by atoms with Crippen LogP contribution in [0, 0.1) is 0 Å². The van der Waals surface area contributed by atoms with Gasteiger partial charge in [0.15, 0.2) is 9.84 Å². The predicted octanol–water partition coefficient (Wildman–Crippen LogP) is 1.98. The second-order valence-electron chi connectivity index (χ2n) is 4.83. The number of rotatable bonds is 4. The van der Waals surface area contributed by atoms with Crippen molar-refractivity contribution in [3.63, 3.8) is 0 Å². The van der Waals surface area contributed by atoms with Crippen LogP contribution in [0.5, 0.6) is 0 Å². The first-order chi connectivity index (χ1) is 9.45. The smallest absolute Gasteiger partial charge is 0.169 e. The molecule has 1 saturated heterocycles. The monoisotopic (exact) mass is 334 g/mol. The van der Waals surface area contributed by atoms with Gasteiger partial charge >= 0.3 is 0 Å². The van der Waals surface area contributed by atoms with E-state index in [-0.39, 0.29) is 0 Å². The Morgan fingerprint density at radius 2 is 2.25 bits per heavy atom. The molecule has 1 aliphatic heterocycles. The quantitative estimate of drug-likeness (QED) is 0.912. The zero-order valence-corrected chi connectivity index (χ0v) is 14.0. The summed E-state index contributed by atoms with van der Waals surface area (Å²) in [5.74, 6) is 1.50. The van der Waals surface area contributed by atoms with E-state index in [2.05, 4.69) is 5.32 Å². The van der Waals surface area contributed by atoms with Gasteiger partial charge in [-0.2, -0.15) is 11.8 Å². The Balaban J connectivity index is 2.47. The third kappa shape index (κ3) is 3.42. The van der Waals surface area contributed by atoms with Gasteiger partial charge in [0, 0.05) is 30.9 Å². The van der Waals surface area contributed by atoms with Crippen molar-refractivity contribution in [3.05, 3.63) is 28.8 Å². The van der Waals surface area contributed by atoms with Crippen molar-refractivity contribution in [1.82, 2.24) is 5.32 Å². The molecule has 0 radical (unpaired) electrons. The molecule has 1 heterocycles. The van der Waals surface area contributed by atoms with Gasteiger partial charge in [-0.25, -0.2) is 8.42 Å². The summed E-state index contributed by atoms with van der Waals surface area (Å²) in [5, 5.41) is 3.21. The van der Waals surface area contributed by atoms with Crippen molar-refractivity contribution in [2.75, 3.05) is 36.3 Å². The second kappa shape index (κ2) is 6.56. The number of anilines is 1. The molecule has 1 fully saturated rings. The van der Waals surface area contributed by atoms with Crippen molar-refractivity contribution < 1.29 is 8.42 Å². The molecule has 0 amide bonds. The molecule has 7 heteroatoms. The Kier molecular flexibility index (Phi) is 5.23. The molecule has 1 aromatic rings. The molecule has 4 nitrogen and oxygen atoms in total. The molecule has 1 unspecified atom stereocenters. The first-order valence-corrected chi connectivity index (χ1v) is 9.89. The van der Waals surface area contributed by atoms with Gasteiger partial charge in [0.05, 0.1) is 10.7 Å². The molecule has 1 aromatic carbocycles. The first-order valence-electron chi connectivity index (χ1n) is 6.40. The highest BCUT2D eigenvalue weighted by molar-refractivity contribution is 8.01. The summed E-state index contributed by atoms with van der Waals surface area (Å²) in [7, 11) is -1.28. The molecule has 1 atom stereocenters. The molecule has 0 aromatic heterocycles. The van der Waals surface area contributed by atoms with E-state index in [0.717, 1.165) is 17.0 Å². The lowest BCUT2D eigenvalue weighted by Crippen LogP contribution is -2.47. The van der Waals surface area contributed by atoms with Crippen LogP contribution in [-0.2, 0) is 16.4 Å². The van der Waals surface area contributed by atoms with E-state index in [1.807, 2.05) is 30.1 Å². The van der Waals surface area contributed by atoms with E-state index >= 15 is 0 Å². The fourth-order valence-electron chi connectivity index (χ4n) is 2.41. The molecule has 1 N–H and O–H groups in total. The maximum atomic E-state index is 12.0. The fraction of sp³-hybridized carbons (Fsp3) is 0.538. The van der Waals surface area contributed by atoms with Crippen molar-refractivity contribution in [2.45, 2.75) is 11.9 Å².